The van der Waals surface area contributed by atoms with Gasteiger partial charge in [-0.3, -0.25) is 14.6 Å². The molecule has 5 heteroatoms. The molecule has 0 radical (unpaired) electrons. The maximum Gasteiger partial charge on any atom is 0.307 e. The lowest BCUT2D eigenvalue weighted by Crippen LogP contribution is -2.29. The lowest BCUT2D eigenvalue weighted by atomic mass is 9.95. The molecule has 1 saturated carbocycles. The molecule has 5 nitrogen and oxygen atoms in total. The predicted molar refractivity (Wildman–Crippen MR) is 78.8 cm³/mol. The van der Waals surface area contributed by atoms with Crippen molar-refractivity contribution < 1.29 is 14.7 Å². The third-order valence-corrected chi connectivity index (χ3v) is 4.04. The molecule has 2 unspecified atom stereocenters. The number of aliphatic carboxylic acids is 1. The first kappa shape index (κ1) is 13.5. The lowest BCUT2D eigenvalue weighted by molar-refractivity contribution is -0.145. The summed E-state index contributed by atoms with van der Waals surface area (Å²) in [6.07, 6.45) is 3.72. The van der Waals surface area contributed by atoms with E-state index in [-0.39, 0.29) is 5.91 Å². The van der Waals surface area contributed by atoms with Crippen LogP contribution >= 0.6 is 0 Å². The largest absolute Gasteiger partial charge is 0.481 e. The van der Waals surface area contributed by atoms with Crippen LogP contribution in [0.2, 0.25) is 0 Å². The van der Waals surface area contributed by atoms with Gasteiger partial charge >= 0.3 is 5.97 Å². The van der Waals surface area contributed by atoms with Crippen LogP contribution in [-0.4, -0.2) is 22.0 Å². The number of nitrogens with zero attached hydrogens (tertiary/aromatic N) is 1. The fourth-order valence-corrected chi connectivity index (χ4v) is 2.96. The predicted octanol–water partition coefficient (Wildman–Crippen LogP) is 2.67. The standard InChI is InChI=1S/C16H16N2O3/c19-15(12-4-1-5-13(12)16(20)21)18-11-6-7-14-10(9-11)3-2-8-17-14/h2-3,6-9,12-13H,1,4-5H2,(H,18,19)(H,20,21). The highest BCUT2D eigenvalue weighted by molar-refractivity contribution is 5.97. The maximum absolute atomic E-state index is 12.3. The Balaban J connectivity index is 1.78. The number of carboxylic acid groups (broad SMARTS) is 1. The second-order valence-electron chi connectivity index (χ2n) is 5.38. The van der Waals surface area contributed by atoms with Crippen LogP contribution in [0.5, 0.6) is 0 Å². The number of amides is 1. The number of anilines is 1. The monoisotopic (exact) mass is 284 g/mol. The highest BCUT2D eigenvalue weighted by Crippen LogP contribution is 2.33. The van der Waals surface area contributed by atoms with Gasteiger partial charge in [-0.25, -0.2) is 0 Å². The van der Waals surface area contributed by atoms with Crippen molar-refractivity contribution in [2.45, 2.75) is 19.3 Å². The minimum Gasteiger partial charge on any atom is -0.481 e. The van der Waals surface area contributed by atoms with Crippen molar-refractivity contribution in [1.29, 1.82) is 0 Å². The smallest absolute Gasteiger partial charge is 0.307 e. The summed E-state index contributed by atoms with van der Waals surface area (Å²) in [6, 6.07) is 9.25. The highest BCUT2D eigenvalue weighted by Gasteiger charge is 2.37. The number of carboxylic acids is 1. The van der Waals surface area contributed by atoms with Crippen molar-refractivity contribution >= 4 is 28.5 Å². The Morgan fingerprint density at radius 3 is 2.81 bits per heavy atom. The third kappa shape index (κ3) is 2.72. The Labute approximate surface area is 122 Å². The van der Waals surface area contributed by atoms with Crippen LogP contribution in [0.1, 0.15) is 19.3 Å². The van der Waals surface area contributed by atoms with Crippen molar-refractivity contribution in [2.24, 2.45) is 11.8 Å². The summed E-state index contributed by atoms with van der Waals surface area (Å²) < 4.78 is 0. The quantitative estimate of drug-likeness (QED) is 0.908. The van der Waals surface area contributed by atoms with E-state index in [1.807, 2.05) is 24.3 Å². The first-order valence-corrected chi connectivity index (χ1v) is 7.03. The Bertz CT molecular complexity index is 699. The molecule has 108 valence electrons. The van der Waals surface area contributed by atoms with Gasteiger partial charge in [-0.15, -0.1) is 0 Å². The topological polar surface area (TPSA) is 79.3 Å². The average Bonchev–Trinajstić information content (AvgIpc) is 2.97. The molecule has 0 spiro atoms. The normalized spacial score (nSPS) is 21.3. The second kappa shape index (κ2) is 5.52. The van der Waals surface area contributed by atoms with Gasteiger partial charge in [-0.2, -0.15) is 0 Å². The van der Waals surface area contributed by atoms with E-state index in [4.69, 9.17) is 5.11 Å². The van der Waals surface area contributed by atoms with Gasteiger partial charge in [-0.05, 0) is 37.1 Å². The molecule has 2 atom stereocenters. The molecule has 2 N–H and O–H groups in total. The van der Waals surface area contributed by atoms with Gasteiger partial charge in [0.1, 0.15) is 0 Å². The van der Waals surface area contributed by atoms with Gasteiger partial charge in [-0.1, -0.05) is 12.5 Å². The molecule has 1 amide bonds. The van der Waals surface area contributed by atoms with Crippen LogP contribution in [0.3, 0.4) is 0 Å². The van der Waals surface area contributed by atoms with Crippen LogP contribution < -0.4 is 5.32 Å². The van der Waals surface area contributed by atoms with Gasteiger partial charge in [0.05, 0.1) is 17.4 Å². The number of hydrogen-bond acceptors (Lipinski definition) is 3. The molecule has 0 bridgehead atoms. The average molecular weight is 284 g/mol. The molecule has 1 aromatic heterocycles. The van der Waals surface area contributed by atoms with E-state index in [9.17, 15) is 9.59 Å². The van der Waals surface area contributed by atoms with E-state index in [0.717, 1.165) is 17.3 Å². The zero-order valence-electron chi connectivity index (χ0n) is 11.5. The number of hydrogen-bond donors (Lipinski definition) is 2. The summed E-state index contributed by atoms with van der Waals surface area (Å²) in [5.41, 5.74) is 1.54. The first-order valence-electron chi connectivity index (χ1n) is 7.03. The van der Waals surface area contributed by atoms with E-state index >= 15 is 0 Å². The van der Waals surface area contributed by atoms with E-state index in [1.54, 1.807) is 12.3 Å². The number of nitrogens with one attached hydrogen (secondary N) is 1. The first-order chi connectivity index (χ1) is 10.1. The zero-order valence-corrected chi connectivity index (χ0v) is 11.5. The Hall–Kier alpha value is -2.43. The van der Waals surface area contributed by atoms with Crippen LogP contribution in [0.15, 0.2) is 36.5 Å². The summed E-state index contributed by atoms with van der Waals surface area (Å²) in [4.78, 5) is 27.7. The van der Waals surface area contributed by atoms with Gasteiger partial charge in [0, 0.05) is 17.3 Å². The van der Waals surface area contributed by atoms with Gasteiger partial charge in [0.15, 0.2) is 0 Å². The van der Waals surface area contributed by atoms with Gasteiger partial charge in [0.25, 0.3) is 0 Å². The lowest BCUT2D eigenvalue weighted by Gasteiger charge is -2.15. The Kier molecular flexibility index (Phi) is 3.56. The van der Waals surface area contributed by atoms with Crippen LogP contribution in [0.4, 0.5) is 5.69 Å². The molecule has 1 fully saturated rings. The number of pyridine rings is 1. The number of aromatic nitrogens is 1. The van der Waals surface area contributed by atoms with Gasteiger partial charge < -0.3 is 10.4 Å². The van der Waals surface area contributed by atoms with E-state index in [2.05, 4.69) is 10.3 Å². The van der Waals surface area contributed by atoms with E-state index < -0.39 is 17.8 Å². The number of carbonyl (C=O) groups is 2. The molecule has 21 heavy (non-hydrogen) atoms. The summed E-state index contributed by atoms with van der Waals surface area (Å²) >= 11 is 0. The summed E-state index contributed by atoms with van der Waals surface area (Å²) in [5.74, 6) is -2.09. The molecule has 1 heterocycles. The molecule has 1 aliphatic rings. The maximum atomic E-state index is 12.3. The third-order valence-electron chi connectivity index (χ3n) is 4.04. The summed E-state index contributed by atoms with van der Waals surface area (Å²) in [5, 5.41) is 12.9. The Morgan fingerprint density at radius 2 is 2.00 bits per heavy atom. The SMILES string of the molecule is O=C(O)C1CCCC1C(=O)Nc1ccc2ncccc2c1. The minimum absolute atomic E-state index is 0.205. The van der Waals surface area contributed by atoms with Crippen molar-refractivity contribution in [3.8, 4) is 0 Å². The molecule has 2 aromatic rings. The summed E-state index contributed by atoms with van der Waals surface area (Å²) in [7, 11) is 0. The second-order valence-corrected chi connectivity index (χ2v) is 5.38. The molecule has 0 saturated heterocycles. The highest BCUT2D eigenvalue weighted by atomic mass is 16.4. The zero-order chi connectivity index (χ0) is 14.8. The fourth-order valence-electron chi connectivity index (χ4n) is 2.96. The van der Waals surface area contributed by atoms with E-state index in [1.165, 1.54) is 0 Å². The van der Waals surface area contributed by atoms with Crippen LogP contribution in [0, 0.1) is 11.8 Å². The fraction of sp³-hybridized carbons (Fsp3) is 0.312. The van der Waals surface area contributed by atoms with E-state index in [0.29, 0.717) is 18.5 Å². The van der Waals surface area contributed by atoms with Crippen molar-refractivity contribution in [1.82, 2.24) is 4.98 Å². The number of carbonyl (C=O) groups excluding carboxylic acids is 1. The van der Waals surface area contributed by atoms with Gasteiger partial charge in [0.2, 0.25) is 5.91 Å². The summed E-state index contributed by atoms with van der Waals surface area (Å²) in [6.45, 7) is 0. The Morgan fingerprint density at radius 1 is 1.19 bits per heavy atom. The molecule has 1 aliphatic carbocycles. The molecular weight excluding hydrogens is 268 g/mol. The molecular formula is C16H16N2O3. The number of rotatable bonds is 3. The minimum atomic E-state index is -0.879. The molecule has 1 aromatic carbocycles. The van der Waals surface area contributed by atoms with Crippen LogP contribution in [0.25, 0.3) is 10.9 Å². The van der Waals surface area contributed by atoms with Crippen molar-refractivity contribution in [2.75, 3.05) is 5.32 Å². The van der Waals surface area contributed by atoms with Crippen molar-refractivity contribution in [3.05, 3.63) is 36.5 Å². The number of benzene rings is 1. The van der Waals surface area contributed by atoms with Crippen LogP contribution in [-0.2, 0) is 9.59 Å². The molecule has 3 rings (SSSR count). The van der Waals surface area contributed by atoms with Crippen molar-refractivity contribution in [3.63, 3.8) is 0 Å². The number of fused-ring (bicyclic) bond motifs is 1. The molecule has 0 aliphatic heterocycles.